The molecule has 64 valence electrons. The molecule has 0 aliphatic heterocycles. The third kappa shape index (κ3) is 9.17. The number of carboxylic acid groups (broad SMARTS) is 1. The summed E-state index contributed by atoms with van der Waals surface area (Å²) in [5.41, 5.74) is 0. The second kappa shape index (κ2) is 5.92. The molecule has 1 rings (SSSR count). The monoisotopic (exact) mass is 158 g/mol. The number of hydrogen-bond acceptors (Lipinski definition) is 2. The summed E-state index contributed by atoms with van der Waals surface area (Å²) in [6.07, 6.45) is 6.98. The maximum absolute atomic E-state index is 9.00. The molecule has 0 amide bonds. The summed E-state index contributed by atoms with van der Waals surface area (Å²) in [6, 6.07) is 0. The van der Waals surface area contributed by atoms with Crippen LogP contribution in [0.3, 0.4) is 0 Å². The predicted octanol–water partition coefficient (Wildman–Crippen LogP) is 1.18. The third-order valence-corrected chi connectivity index (χ3v) is 1.24. The van der Waals surface area contributed by atoms with E-state index in [-0.39, 0.29) is 6.10 Å². The van der Waals surface area contributed by atoms with Gasteiger partial charge in [-0.3, -0.25) is 4.79 Å². The van der Waals surface area contributed by atoms with Gasteiger partial charge >= 0.3 is 0 Å². The topological polar surface area (TPSA) is 57.5 Å². The van der Waals surface area contributed by atoms with Gasteiger partial charge in [0, 0.05) is 6.92 Å². The molecule has 0 spiro atoms. The molecule has 0 radical (unpaired) electrons. The summed E-state index contributed by atoms with van der Waals surface area (Å²) >= 11 is 0. The fraction of sp³-hybridized carbons (Fsp3) is 0.625. The van der Waals surface area contributed by atoms with E-state index in [1.165, 1.54) is 0 Å². The van der Waals surface area contributed by atoms with Crippen LogP contribution in [0.5, 0.6) is 0 Å². The lowest BCUT2D eigenvalue weighted by Gasteiger charge is -2.08. The Morgan fingerprint density at radius 1 is 1.55 bits per heavy atom. The molecule has 0 saturated heterocycles. The molecule has 1 aliphatic rings. The average molecular weight is 158 g/mol. The van der Waals surface area contributed by atoms with Gasteiger partial charge in [-0.15, -0.1) is 0 Å². The summed E-state index contributed by atoms with van der Waals surface area (Å²) in [7, 11) is 0. The molecular formula is C8H14O3. The number of hydrogen-bond donors (Lipinski definition) is 2. The predicted molar refractivity (Wildman–Crippen MR) is 42.3 cm³/mol. The van der Waals surface area contributed by atoms with E-state index < -0.39 is 5.97 Å². The number of carboxylic acids is 1. The lowest BCUT2D eigenvalue weighted by molar-refractivity contribution is -0.134. The first-order chi connectivity index (χ1) is 5.13. The van der Waals surface area contributed by atoms with E-state index in [9.17, 15) is 0 Å². The molecule has 3 heteroatoms. The SMILES string of the molecule is CC(=O)O.OC1CC=CCC1. The van der Waals surface area contributed by atoms with Crippen molar-refractivity contribution >= 4 is 5.97 Å². The van der Waals surface area contributed by atoms with Gasteiger partial charge in [-0.2, -0.15) is 0 Å². The van der Waals surface area contributed by atoms with E-state index in [1.807, 2.05) is 6.08 Å². The van der Waals surface area contributed by atoms with Gasteiger partial charge in [0.25, 0.3) is 5.97 Å². The lowest BCUT2D eigenvalue weighted by Crippen LogP contribution is -2.06. The summed E-state index contributed by atoms with van der Waals surface area (Å²) < 4.78 is 0. The number of rotatable bonds is 0. The first kappa shape index (κ1) is 10.2. The number of allylic oxidation sites excluding steroid dienone is 1. The highest BCUT2D eigenvalue weighted by atomic mass is 16.4. The van der Waals surface area contributed by atoms with E-state index in [4.69, 9.17) is 15.0 Å². The van der Waals surface area contributed by atoms with Crippen LogP contribution >= 0.6 is 0 Å². The summed E-state index contributed by atoms with van der Waals surface area (Å²) in [4.78, 5) is 9.00. The molecule has 0 aromatic heterocycles. The van der Waals surface area contributed by atoms with Crippen molar-refractivity contribution in [2.45, 2.75) is 32.3 Å². The van der Waals surface area contributed by atoms with E-state index >= 15 is 0 Å². The Hall–Kier alpha value is -0.830. The third-order valence-electron chi connectivity index (χ3n) is 1.24. The van der Waals surface area contributed by atoms with Crippen LogP contribution in [-0.4, -0.2) is 22.3 Å². The molecule has 0 heterocycles. The van der Waals surface area contributed by atoms with Crippen LogP contribution in [0.4, 0.5) is 0 Å². The standard InChI is InChI=1S/C6H10O.C2H4O2/c7-6-4-2-1-3-5-6;1-2(3)4/h1-2,6-7H,3-5H2;1H3,(H,3,4). The van der Waals surface area contributed by atoms with Crippen LogP contribution in [0.15, 0.2) is 12.2 Å². The van der Waals surface area contributed by atoms with Crippen LogP contribution in [0.25, 0.3) is 0 Å². The van der Waals surface area contributed by atoms with Crippen LogP contribution in [0.1, 0.15) is 26.2 Å². The first-order valence-electron chi connectivity index (χ1n) is 3.65. The Balaban J connectivity index is 0.000000218. The van der Waals surface area contributed by atoms with Crippen molar-refractivity contribution in [1.82, 2.24) is 0 Å². The molecule has 11 heavy (non-hydrogen) atoms. The Kier molecular flexibility index (Phi) is 5.47. The van der Waals surface area contributed by atoms with Crippen molar-refractivity contribution in [3.63, 3.8) is 0 Å². The Morgan fingerprint density at radius 2 is 2.09 bits per heavy atom. The highest BCUT2D eigenvalue weighted by molar-refractivity contribution is 5.62. The van der Waals surface area contributed by atoms with Gasteiger partial charge < -0.3 is 10.2 Å². The van der Waals surface area contributed by atoms with Crippen molar-refractivity contribution < 1.29 is 15.0 Å². The van der Waals surface area contributed by atoms with E-state index in [0.717, 1.165) is 26.2 Å². The molecule has 0 saturated carbocycles. The van der Waals surface area contributed by atoms with Crippen molar-refractivity contribution in [2.75, 3.05) is 0 Å². The maximum atomic E-state index is 9.00. The molecule has 0 aromatic carbocycles. The van der Waals surface area contributed by atoms with Gasteiger partial charge in [0.05, 0.1) is 6.10 Å². The minimum atomic E-state index is -0.833. The second-order valence-electron chi connectivity index (χ2n) is 2.46. The fourth-order valence-corrected chi connectivity index (χ4v) is 0.778. The molecular weight excluding hydrogens is 144 g/mol. The van der Waals surface area contributed by atoms with E-state index in [0.29, 0.717) is 0 Å². The Labute approximate surface area is 66.4 Å². The van der Waals surface area contributed by atoms with Crippen LogP contribution < -0.4 is 0 Å². The minimum absolute atomic E-state index is 0.0509. The molecule has 3 nitrogen and oxygen atoms in total. The first-order valence-corrected chi connectivity index (χ1v) is 3.65. The van der Waals surface area contributed by atoms with Gasteiger partial charge in [0.2, 0.25) is 0 Å². The van der Waals surface area contributed by atoms with Crippen LogP contribution in [0.2, 0.25) is 0 Å². The number of carbonyl (C=O) groups is 1. The van der Waals surface area contributed by atoms with E-state index in [1.54, 1.807) is 0 Å². The number of aliphatic hydroxyl groups is 1. The van der Waals surface area contributed by atoms with Gasteiger partial charge in [-0.05, 0) is 19.3 Å². The fourth-order valence-electron chi connectivity index (χ4n) is 0.778. The highest BCUT2D eigenvalue weighted by Gasteiger charge is 2.02. The average Bonchev–Trinajstić information content (AvgIpc) is 1.87. The zero-order valence-electron chi connectivity index (χ0n) is 6.66. The molecule has 1 aliphatic carbocycles. The summed E-state index contributed by atoms with van der Waals surface area (Å²) in [6.45, 7) is 1.08. The smallest absolute Gasteiger partial charge is 0.300 e. The van der Waals surface area contributed by atoms with Gasteiger partial charge in [-0.1, -0.05) is 12.2 Å². The molecule has 1 atom stereocenters. The Bertz CT molecular complexity index is 136. The number of aliphatic hydroxyl groups excluding tert-OH is 1. The van der Waals surface area contributed by atoms with Gasteiger partial charge in [0.15, 0.2) is 0 Å². The molecule has 2 N–H and O–H groups in total. The Morgan fingerprint density at radius 3 is 2.27 bits per heavy atom. The summed E-state index contributed by atoms with van der Waals surface area (Å²) in [5.74, 6) is -0.833. The van der Waals surface area contributed by atoms with Gasteiger partial charge in [-0.25, -0.2) is 0 Å². The van der Waals surface area contributed by atoms with Crippen molar-refractivity contribution in [2.24, 2.45) is 0 Å². The quantitative estimate of drug-likeness (QED) is 0.520. The largest absolute Gasteiger partial charge is 0.481 e. The van der Waals surface area contributed by atoms with Gasteiger partial charge in [0.1, 0.15) is 0 Å². The van der Waals surface area contributed by atoms with Crippen LogP contribution in [0, 0.1) is 0 Å². The number of aliphatic carboxylic acids is 1. The highest BCUT2D eigenvalue weighted by Crippen LogP contribution is 2.08. The minimum Gasteiger partial charge on any atom is -0.481 e. The second-order valence-corrected chi connectivity index (χ2v) is 2.46. The normalized spacial score (nSPS) is 21.8. The lowest BCUT2D eigenvalue weighted by atomic mass is 10.1. The molecule has 0 bridgehead atoms. The zero-order valence-corrected chi connectivity index (χ0v) is 6.66. The van der Waals surface area contributed by atoms with Crippen LogP contribution in [-0.2, 0) is 4.79 Å². The van der Waals surface area contributed by atoms with Crippen molar-refractivity contribution in [1.29, 1.82) is 0 Å². The van der Waals surface area contributed by atoms with Crippen molar-refractivity contribution in [3.05, 3.63) is 12.2 Å². The summed E-state index contributed by atoms with van der Waals surface area (Å²) in [5, 5.41) is 16.3. The molecule has 0 fully saturated rings. The van der Waals surface area contributed by atoms with Crippen molar-refractivity contribution in [3.8, 4) is 0 Å². The molecule has 1 unspecified atom stereocenters. The van der Waals surface area contributed by atoms with E-state index in [2.05, 4.69) is 6.08 Å². The zero-order chi connectivity index (χ0) is 8.69. The maximum Gasteiger partial charge on any atom is 0.300 e. The molecule has 0 aromatic rings.